The zero-order valence-corrected chi connectivity index (χ0v) is 12.4. The van der Waals surface area contributed by atoms with Gasteiger partial charge in [-0.25, -0.2) is 0 Å². The van der Waals surface area contributed by atoms with Crippen molar-refractivity contribution in [1.29, 1.82) is 0 Å². The normalized spacial score (nSPS) is 10.8. The van der Waals surface area contributed by atoms with Crippen molar-refractivity contribution in [3.8, 4) is 0 Å². The summed E-state index contributed by atoms with van der Waals surface area (Å²) in [5.74, 6) is -0.119. The average Bonchev–Trinajstić information content (AvgIpc) is 2.91. The van der Waals surface area contributed by atoms with E-state index in [9.17, 15) is 4.79 Å². The van der Waals surface area contributed by atoms with Crippen LogP contribution in [0.2, 0.25) is 0 Å². The van der Waals surface area contributed by atoms with Crippen LogP contribution in [0.4, 0.5) is 5.69 Å². The fourth-order valence-electron chi connectivity index (χ4n) is 2.58. The van der Waals surface area contributed by atoms with Crippen LogP contribution in [0.5, 0.6) is 0 Å². The van der Waals surface area contributed by atoms with E-state index in [0.717, 1.165) is 22.2 Å². The summed E-state index contributed by atoms with van der Waals surface area (Å²) in [6.45, 7) is 0.127. The molecule has 0 saturated carbocycles. The van der Waals surface area contributed by atoms with Crippen LogP contribution in [0.25, 0.3) is 10.9 Å². The lowest BCUT2D eigenvalue weighted by molar-refractivity contribution is 0.102. The summed E-state index contributed by atoms with van der Waals surface area (Å²) in [4.78, 5) is 12.5. The number of amides is 1. The minimum Gasteiger partial charge on any atom is -0.396 e. The molecule has 0 bridgehead atoms. The molecule has 0 spiro atoms. The maximum absolute atomic E-state index is 12.5. The van der Waals surface area contributed by atoms with Crippen molar-refractivity contribution in [1.82, 2.24) is 4.57 Å². The second-order valence-electron chi connectivity index (χ2n) is 5.29. The quantitative estimate of drug-likeness (QED) is 0.777. The van der Waals surface area contributed by atoms with Crippen molar-refractivity contribution in [2.45, 2.75) is 6.42 Å². The summed E-state index contributed by atoms with van der Waals surface area (Å²) in [6.07, 6.45) is 2.57. The van der Waals surface area contributed by atoms with E-state index in [4.69, 9.17) is 5.11 Å². The Bertz CT molecular complexity index is 804. The number of fused-ring (bicyclic) bond motifs is 1. The summed E-state index contributed by atoms with van der Waals surface area (Å²) in [5, 5.41) is 12.8. The average molecular weight is 294 g/mol. The molecular weight excluding hydrogens is 276 g/mol. The van der Waals surface area contributed by atoms with Gasteiger partial charge in [-0.2, -0.15) is 0 Å². The van der Waals surface area contributed by atoms with Crippen LogP contribution < -0.4 is 5.32 Å². The Morgan fingerprint density at radius 2 is 1.91 bits per heavy atom. The van der Waals surface area contributed by atoms with Crippen LogP contribution in [0.3, 0.4) is 0 Å². The molecule has 0 radical (unpaired) electrons. The van der Waals surface area contributed by atoms with Gasteiger partial charge in [-0.05, 0) is 42.3 Å². The Morgan fingerprint density at radius 1 is 1.14 bits per heavy atom. The molecule has 1 amide bonds. The zero-order valence-electron chi connectivity index (χ0n) is 12.4. The number of carbonyl (C=O) groups excluding carboxylic acids is 1. The van der Waals surface area contributed by atoms with E-state index in [1.165, 1.54) is 0 Å². The number of nitrogens with one attached hydrogen (secondary N) is 1. The molecule has 2 N–H and O–H groups in total. The minimum absolute atomic E-state index is 0.119. The monoisotopic (exact) mass is 294 g/mol. The van der Waals surface area contributed by atoms with Gasteiger partial charge in [-0.15, -0.1) is 0 Å². The number of hydrogen-bond acceptors (Lipinski definition) is 2. The largest absolute Gasteiger partial charge is 0.396 e. The lowest BCUT2D eigenvalue weighted by Gasteiger charge is -2.08. The molecule has 0 aliphatic heterocycles. The van der Waals surface area contributed by atoms with Gasteiger partial charge in [0.2, 0.25) is 0 Å². The maximum Gasteiger partial charge on any atom is 0.256 e. The van der Waals surface area contributed by atoms with E-state index in [0.29, 0.717) is 12.0 Å². The van der Waals surface area contributed by atoms with Gasteiger partial charge in [0.05, 0.1) is 0 Å². The van der Waals surface area contributed by atoms with Crippen LogP contribution in [0, 0.1) is 0 Å². The summed E-state index contributed by atoms with van der Waals surface area (Å²) < 4.78 is 2.00. The van der Waals surface area contributed by atoms with Crippen LogP contribution in [-0.4, -0.2) is 22.2 Å². The van der Waals surface area contributed by atoms with Gasteiger partial charge in [0, 0.05) is 42.0 Å². The Balaban J connectivity index is 1.84. The number of benzene rings is 2. The van der Waals surface area contributed by atoms with E-state index in [1.54, 1.807) is 0 Å². The molecule has 1 heterocycles. The first kappa shape index (κ1) is 14.4. The summed E-state index contributed by atoms with van der Waals surface area (Å²) >= 11 is 0. The molecule has 2 aromatic carbocycles. The number of aromatic nitrogens is 1. The van der Waals surface area contributed by atoms with Gasteiger partial charge in [0.15, 0.2) is 0 Å². The van der Waals surface area contributed by atoms with Gasteiger partial charge < -0.3 is 15.0 Å². The maximum atomic E-state index is 12.5. The number of aliphatic hydroxyl groups excluding tert-OH is 1. The third-order valence-electron chi connectivity index (χ3n) is 3.78. The van der Waals surface area contributed by atoms with Crippen molar-refractivity contribution in [2.75, 3.05) is 11.9 Å². The van der Waals surface area contributed by atoms with Gasteiger partial charge in [-0.3, -0.25) is 4.79 Å². The van der Waals surface area contributed by atoms with Gasteiger partial charge >= 0.3 is 0 Å². The van der Waals surface area contributed by atoms with E-state index in [1.807, 2.05) is 66.3 Å². The Morgan fingerprint density at radius 3 is 2.64 bits per heavy atom. The molecular formula is C18H18N2O2. The molecule has 4 nitrogen and oxygen atoms in total. The number of aliphatic hydroxyl groups is 1. The topological polar surface area (TPSA) is 54.3 Å². The van der Waals surface area contributed by atoms with E-state index in [-0.39, 0.29) is 12.5 Å². The first-order valence-corrected chi connectivity index (χ1v) is 7.24. The fourth-order valence-corrected chi connectivity index (χ4v) is 2.58. The van der Waals surface area contributed by atoms with Gasteiger partial charge in [0.1, 0.15) is 0 Å². The lowest BCUT2D eigenvalue weighted by Crippen LogP contribution is -2.12. The van der Waals surface area contributed by atoms with Crippen LogP contribution in [0.1, 0.15) is 15.9 Å². The van der Waals surface area contributed by atoms with Crippen LogP contribution in [-0.2, 0) is 13.5 Å². The van der Waals surface area contributed by atoms with Crippen molar-refractivity contribution in [3.63, 3.8) is 0 Å². The van der Waals surface area contributed by atoms with Crippen LogP contribution in [0.15, 0.2) is 54.7 Å². The van der Waals surface area contributed by atoms with E-state index in [2.05, 4.69) is 5.32 Å². The Labute approximate surface area is 129 Å². The molecule has 3 aromatic rings. The van der Waals surface area contributed by atoms with Crippen LogP contribution >= 0.6 is 0 Å². The highest BCUT2D eigenvalue weighted by atomic mass is 16.2. The molecule has 0 atom stereocenters. The number of aryl methyl sites for hydroxylation is 1. The third kappa shape index (κ3) is 2.73. The number of carbonyl (C=O) groups is 1. The molecule has 4 heteroatoms. The molecule has 0 fully saturated rings. The Hall–Kier alpha value is -2.59. The second-order valence-corrected chi connectivity index (χ2v) is 5.29. The predicted molar refractivity (Wildman–Crippen MR) is 88.1 cm³/mol. The second kappa shape index (κ2) is 6.03. The number of anilines is 1. The molecule has 0 aliphatic rings. The molecule has 0 aliphatic carbocycles. The number of hydrogen-bond donors (Lipinski definition) is 2. The summed E-state index contributed by atoms with van der Waals surface area (Å²) in [6, 6.07) is 15.2. The minimum atomic E-state index is -0.119. The van der Waals surface area contributed by atoms with E-state index < -0.39 is 0 Å². The predicted octanol–water partition coefficient (Wildman–Crippen LogP) is 2.97. The summed E-state index contributed by atoms with van der Waals surface area (Å²) in [7, 11) is 1.96. The first-order chi connectivity index (χ1) is 10.7. The molecule has 22 heavy (non-hydrogen) atoms. The zero-order chi connectivity index (χ0) is 15.5. The van der Waals surface area contributed by atoms with Crippen molar-refractivity contribution in [2.24, 2.45) is 7.05 Å². The molecule has 0 saturated heterocycles. The first-order valence-electron chi connectivity index (χ1n) is 7.24. The molecule has 0 unspecified atom stereocenters. The van der Waals surface area contributed by atoms with E-state index >= 15 is 0 Å². The number of nitrogens with zero attached hydrogens (tertiary/aromatic N) is 1. The molecule has 112 valence electrons. The SMILES string of the molecule is Cn1ccc2c(C(=O)Nc3ccc(CCO)cc3)cccc21. The highest BCUT2D eigenvalue weighted by Crippen LogP contribution is 2.21. The third-order valence-corrected chi connectivity index (χ3v) is 3.78. The van der Waals surface area contributed by atoms with Crippen molar-refractivity contribution >= 4 is 22.5 Å². The number of rotatable bonds is 4. The standard InChI is InChI=1S/C18H18N2O2/c1-20-11-9-15-16(3-2-4-17(15)20)18(22)19-14-7-5-13(6-8-14)10-12-21/h2-9,11,21H,10,12H2,1H3,(H,19,22). The highest BCUT2D eigenvalue weighted by molar-refractivity contribution is 6.12. The highest BCUT2D eigenvalue weighted by Gasteiger charge is 2.11. The molecule has 3 rings (SSSR count). The summed E-state index contributed by atoms with van der Waals surface area (Å²) in [5.41, 5.74) is 3.49. The van der Waals surface area contributed by atoms with Crippen molar-refractivity contribution < 1.29 is 9.90 Å². The fraction of sp³-hybridized carbons (Fsp3) is 0.167. The van der Waals surface area contributed by atoms with Gasteiger partial charge in [0.25, 0.3) is 5.91 Å². The molecule has 1 aromatic heterocycles. The van der Waals surface area contributed by atoms with Crippen molar-refractivity contribution in [3.05, 3.63) is 65.9 Å². The smallest absolute Gasteiger partial charge is 0.256 e. The Kier molecular flexibility index (Phi) is 3.94. The van der Waals surface area contributed by atoms with Gasteiger partial charge in [-0.1, -0.05) is 18.2 Å². The lowest BCUT2D eigenvalue weighted by atomic mass is 10.1.